The first kappa shape index (κ1) is 15.3. The van der Waals surface area contributed by atoms with E-state index in [0.717, 1.165) is 30.5 Å². The van der Waals surface area contributed by atoms with Crippen LogP contribution in [0, 0.1) is 0 Å². The first-order chi connectivity index (χ1) is 11.7. The third-order valence-electron chi connectivity index (χ3n) is 4.99. The Balaban J connectivity index is 1.54. The smallest absolute Gasteiger partial charge is 0.255 e. The average molecular weight is 341 g/mol. The number of likely N-dealkylation sites (tertiary alicyclic amines) is 2. The van der Waals surface area contributed by atoms with Gasteiger partial charge in [0.2, 0.25) is 5.91 Å². The average Bonchev–Trinajstić information content (AvgIpc) is 3.27. The molecule has 2 aliphatic rings. The first-order valence-corrected chi connectivity index (χ1v) is 9.20. The van der Waals surface area contributed by atoms with E-state index >= 15 is 0 Å². The van der Waals surface area contributed by atoms with Crippen LogP contribution in [0.4, 0.5) is 0 Å². The molecule has 2 saturated heterocycles. The van der Waals surface area contributed by atoms with Gasteiger partial charge in [-0.1, -0.05) is 6.07 Å². The molecule has 124 valence electrons. The van der Waals surface area contributed by atoms with Gasteiger partial charge in [-0.25, -0.2) is 0 Å². The van der Waals surface area contributed by atoms with E-state index < -0.39 is 0 Å². The lowest BCUT2D eigenvalue weighted by molar-refractivity contribution is -0.138. The van der Waals surface area contributed by atoms with Gasteiger partial charge in [-0.05, 0) is 35.9 Å². The van der Waals surface area contributed by atoms with Crippen molar-refractivity contribution in [2.24, 2.45) is 0 Å². The number of pyridine rings is 1. The zero-order chi connectivity index (χ0) is 16.5. The summed E-state index contributed by atoms with van der Waals surface area (Å²) in [6.07, 6.45) is 5.67. The van der Waals surface area contributed by atoms with Crippen LogP contribution >= 0.6 is 11.3 Å². The van der Waals surface area contributed by atoms with Gasteiger partial charge in [-0.2, -0.15) is 11.3 Å². The highest BCUT2D eigenvalue weighted by Gasteiger charge is 2.44. The van der Waals surface area contributed by atoms with Crippen LogP contribution in [0.2, 0.25) is 0 Å². The van der Waals surface area contributed by atoms with Crippen molar-refractivity contribution in [1.82, 2.24) is 14.8 Å². The first-order valence-electron chi connectivity index (χ1n) is 8.25. The van der Waals surface area contributed by atoms with E-state index in [2.05, 4.69) is 4.98 Å². The summed E-state index contributed by atoms with van der Waals surface area (Å²) in [5.41, 5.74) is 1.80. The molecule has 0 unspecified atom stereocenters. The molecule has 2 aliphatic heterocycles. The molecule has 0 radical (unpaired) electrons. The second-order valence-electron chi connectivity index (χ2n) is 6.36. The molecule has 2 aromatic rings. The second kappa shape index (κ2) is 6.36. The van der Waals surface area contributed by atoms with Crippen LogP contribution in [0.5, 0.6) is 0 Å². The zero-order valence-electron chi connectivity index (χ0n) is 13.3. The van der Waals surface area contributed by atoms with Crippen LogP contribution in [0.15, 0.2) is 41.4 Å². The monoisotopic (exact) mass is 341 g/mol. The number of carbonyl (C=O) groups excluding carboxylic acids is 2. The van der Waals surface area contributed by atoms with Crippen molar-refractivity contribution in [3.8, 4) is 0 Å². The molecule has 0 saturated carbocycles. The van der Waals surface area contributed by atoms with Crippen LogP contribution in [-0.4, -0.2) is 45.2 Å². The molecule has 24 heavy (non-hydrogen) atoms. The summed E-state index contributed by atoms with van der Waals surface area (Å²) >= 11 is 1.54. The fourth-order valence-electron chi connectivity index (χ4n) is 3.85. The van der Waals surface area contributed by atoms with Crippen molar-refractivity contribution in [2.45, 2.75) is 37.9 Å². The van der Waals surface area contributed by atoms with Gasteiger partial charge in [-0.3, -0.25) is 14.6 Å². The number of hydrogen-bond acceptors (Lipinski definition) is 4. The lowest BCUT2D eigenvalue weighted by atomic mass is 9.95. The topological polar surface area (TPSA) is 53.5 Å². The van der Waals surface area contributed by atoms with Crippen LogP contribution in [0.25, 0.3) is 0 Å². The van der Waals surface area contributed by atoms with E-state index in [0.29, 0.717) is 13.0 Å². The van der Waals surface area contributed by atoms with Crippen LogP contribution in [-0.2, 0) is 11.3 Å². The highest BCUT2D eigenvalue weighted by Crippen LogP contribution is 2.33. The number of piperidine rings is 1. The molecule has 0 spiro atoms. The summed E-state index contributed by atoms with van der Waals surface area (Å²) < 4.78 is 0. The molecule has 4 rings (SSSR count). The Morgan fingerprint density at radius 1 is 1.29 bits per heavy atom. The van der Waals surface area contributed by atoms with Gasteiger partial charge in [0.15, 0.2) is 0 Å². The Kier molecular flexibility index (Phi) is 4.06. The van der Waals surface area contributed by atoms with E-state index in [1.165, 1.54) is 11.3 Å². The summed E-state index contributed by atoms with van der Waals surface area (Å²) in [5.74, 6) is 0.282. The maximum atomic E-state index is 12.7. The largest absolute Gasteiger partial charge is 0.333 e. The van der Waals surface area contributed by atoms with Crippen molar-refractivity contribution < 1.29 is 9.59 Å². The number of hydrogen-bond donors (Lipinski definition) is 0. The fraction of sp³-hybridized carbons (Fsp3) is 0.389. The maximum absolute atomic E-state index is 12.7. The lowest BCUT2D eigenvalue weighted by Gasteiger charge is -2.39. The van der Waals surface area contributed by atoms with Crippen LogP contribution in [0.1, 0.15) is 35.2 Å². The number of aromatic nitrogens is 1. The molecule has 0 N–H and O–H groups in total. The molecule has 6 heteroatoms. The fourth-order valence-corrected chi connectivity index (χ4v) is 4.48. The Labute approximate surface area is 144 Å². The predicted molar refractivity (Wildman–Crippen MR) is 91.6 cm³/mol. The van der Waals surface area contributed by atoms with E-state index in [1.54, 1.807) is 12.4 Å². The number of nitrogens with zero attached hydrogens (tertiary/aromatic N) is 3. The number of rotatable bonds is 3. The summed E-state index contributed by atoms with van der Waals surface area (Å²) in [4.78, 5) is 33.2. The van der Waals surface area contributed by atoms with Gasteiger partial charge >= 0.3 is 0 Å². The summed E-state index contributed by atoms with van der Waals surface area (Å²) in [6, 6.07) is 6.01. The van der Waals surface area contributed by atoms with Crippen molar-refractivity contribution >= 4 is 23.2 Å². The summed E-state index contributed by atoms with van der Waals surface area (Å²) in [5, 5.41) is 3.83. The molecule has 2 fully saturated rings. The standard InChI is InChI=1S/C18H19N3O2S/c22-17-4-3-15-16(21(17)11-13-2-1-7-19-10-13)5-8-20(15)18(23)14-6-9-24-12-14/h1-2,6-7,9-10,12,15-16H,3-5,8,11H2/t15-,16-/m0/s1. The minimum Gasteiger partial charge on any atom is -0.333 e. The molecule has 0 bridgehead atoms. The van der Waals surface area contributed by atoms with Crippen LogP contribution < -0.4 is 0 Å². The van der Waals surface area contributed by atoms with Crippen LogP contribution in [0.3, 0.4) is 0 Å². The minimum atomic E-state index is 0.0967. The molecule has 5 nitrogen and oxygen atoms in total. The van der Waals surface area contributed by atoms with Crippen molar-refractivity contribution in [3.05, 3.63) is 52.5 Å². The molecule has 2 aromatic heterocycles. The van der Waals surface area contributed by atoms with Gasteiger partial charge in [0.1, 0.15) is 0 Å². The van der Waals surface area contributed by atoms with Crippen molar-refractivity contribution in [2.75, 3.05) is 6.54 Å². The van der Waals surface area contributed by atoms with Crippen molar-refractivity contribution in [3.63, 3.8) is 0 Å². The molecule has 2 atom stereocenters. The number of thiophene rings is 1. The van der Waals surface area contributed by atoms with E-state index in [4.69, 9.17) is 0 Å². The lowest BCUT2D eigenvalue weighted by Crippen LogP contribution is -2.52. The second-order valence-corrected chi connectivity index (χ2v) is 7.14. The summed E-state index contributed by atoms with van der Waals surface area (Å²) in [6.45, 7) is 1.30. The molecular formula is C18H19N3O2S. The third-order valence-corrected chi connectivity index (χ3v) is 5.67. The van der Waals surface area contributed by atoms with E-state index in [1.807, 2.05) is 38.8 Å². The predicted octanol–water partition coefficient (Wildman–Crippen LogP) is 2.55. The number of carbonyl (C=O) groups is 2. The minimum absolute atomic E-state index is 0.0967. The third kappa shape index (κ3) is 2.71. The molecule has 0 aromatic carbocycles. The van der Waals surface area contributed by atoms with Gasteiger partial charge in [0.25, 0.3) is 5.91 Å². The molecule has 2 amide bonds. The summed E-state index contributed by atoms with van der Waals surface area (Å²) in [7, 11) is 0. The van der Waals surface area contributed by atoms with Gasteiger partial charge < -0.3 is 9.80 Å². The maximum Gasteiger partial charge on any atom is 0.255 e. The molecule has 0 aliphatic carbocycles. The SMILES string of the molecule is O=C1CC[C@H]2[C@H](CCN2C(=O)c2ccsc2)N1Cc1cccnc1. The van der Waals surface area contributed by atoms with Gasteiger partial charge in [0.05, 0.1) is 17.6 Å². The Morgan fingerprint density at radius 2 is 2.21 bits per heavy atom. The van der Waals surface area contributed by atoms with E-state index in [-0.39, 0.29) is 23.9 Å². The van der Waals surface area contributed by atoms with Gasteiger partial charge in [-0.15, -0.1) is 0 Å². The Morgan fingerprint density at radius 3 is 2.96 bits per heavy atom. The Hall–Kier alpha value is -2.21. The van der Waals surface area contributed by atoms with E-state index in [9.17, 15) is 9.59 Å². The number of amides is 2. The molecule has 4 heterocycles. The highest BCUT2D eigenvalue weighted by atomic mass is 32.1. The molecular weight excluding hydrogens is 322 g/mol. The van der Waals surface area contributed by atoms with Gasteiger partial charge in [0, 0.05) is 37.3 Å². The zero-order valence-corrected chi connectivity index (χ0v) is 14.1. The quantitative estimate of drug-likeness (QED) is 0.862. The number of fused-ring (bicyclic) bond motifs is 1. The Bertz CT molecular complexity index is 732. The van der Waals surface area contributed by atoms with Crippen molar-refractivity contribution in [1.29, 1.82) is 0 Å². The highest BCUT2D eigenvalue weighted by molar-refractivity contribution is 7.08. The normalized spacial score (nSPS) is 23.4.